The number of nitrogens with zero attached hydrogens (tertiary/aromatic N) is 1. The van der Waals surface area contributed by atoms with Crippen molar-refractivity contribution < 1.29 is 4.79 Å². The second-order valence-corrected chi connectivity index (χ2v) is 4.45. The minimum atomic E-state index is -0.379. The number of thiophene rings is 1. The van der Waals surface area contributed by atoms with Gasteiger partial charge in [0, 0.05) is 11.9 Å². The number of likely N-dealkylation sites (N-methyl/N-ethyl adjacent to an activating group) is 1. The SMILES string of the molecule is CN1C(=O)[C@H](N)[C@@]1(C)c1cccs1. The molecule has 13 heavy (non-hydrogen) atoms. The highest BCUT2D eigenvalue weighted by Gasteiger charge is 2.54. The summed E-state index contributed by atoms with van der Waals surface area (Å²) in [5.41, 5.74) is 5.51. The van der Waals surface area contributed by atoms with E-state index in [4.69, 9.17) is 5.73 Å². The third kappa shape index (κ3) is 0.899. The van der Waals surface area contributed by atoms with Crippen LogP contribution in [-0.2, 0) is 10.3 Å². The fourth-order valence-electron chi connectivity index (χ4n) is 1.71. The molecule has 0 saturated carbocycles. The topological polar surface area (TPSA) is 46.3 Å². The van der Waals surface area contributed by atoms with Crippen LogP contribution in [0, 0.1) is 0 Å². The van der Waals surface area contributed by atoms with Crippen LogP contribution in [-0.4, -0.2) is 23.9 Å². The molecule has 70 valence electrons. The largest absolute Gasteiger partial charge is 0.332 e. The summed E-state index contributed by atoms with van der Waals surface area (Å²) in [6.07, 6.45) is 0. The van der Waals surface area contributed by atoms with Gasteiger partial charge in [-0.1, -0.05) is 6.07 Å². The number of hydrogen-bond donors (Lipinski definition) is 1. The monoisotopic (exact) mass is 196 g/mol. The van der Waals surface area contributed by atoms with Gasteiger partial charge in [0.1, 0.15) is 6.04 Å². The van der Waals surface area contributed by atoms with Crippen LogP contribution in [0.3, 0.4) is 0 Å². The van der Waals surface area contributed by atoms with E-state index in [0.29, 0.717) is 0 Å². The molecular formula is C9H12N2OS. The fourth-order valence-corrected chi connectivity index (χ4v) is 2.67. The van der Waals surface area contributed by atoms with E-state index in [1.165, 1.54) is 0 Å². The third-order valence-electron chi connectivity index (χ3n) is 2.92. The average Bonchev–Trinajstić information content (AvgIpc) is 2.67. The normalized spacial score (nSPS) is 33.3. The van der Waals surface area contributed by atoms with Crippen molar-refractivity contribution in [3.8, 4) is 0 Å². The first-order valence-corrected chi connectivity index (χ1v) is 5.03. The van der Waals surface area contributed by atoms with Crippen molar-refractivity contribution in [1.82, 2.24) is 4.90 Å². The molecule has 4 heteroatoms. The molecule has 1 aliphatic rings. The highest BCUT2D eigenvalue weighted by atomic mass is 32.1. The molecule has 1 aromatic heterocycles. The molecule has 3 nitrogen and oxygen atoms in total. The lowest BCUT2D eigenvalue weighted by Crippen LogP contribution is -2.72. The summed E-state index contributed by atoms with van der Waals surface area (Å²) in [6, 6.07) is 3.62. The van der Waals surface area contributed by atoms with E-state index in [2.05, 4.69) is 0 Å². The lowest BCUT2D eigenvalue weighted by molar-refractivity contribution is -0.156. The first kappa shape index (κ1) is 8.72. The molecule has 0 bridgehead atoms. The van der Waals surface area contributed by atoms with Gasteiger partial charge in [-0.05, 0) is 18.4 Å². The Hall–Kier alpha value is -0.870. The zero-order chi connectivity index (χ0) is 9.64. The van der Waals surface area contributed by atoms with Gasteiger partial charge in [0.2, 0.25) is 5.91 Å². The summed E-state index contributed by atoms with van der Waals surface area (Å²) in [5, 5.41) is 2.00. The molecule has 1 aromatic rings. The number of β-lactam (4-membered cyclic amide) rings is 1. The van der Waals surface area contributed by atoms with Crippen molar-refractivity contribution >= 4 is 17.2 Å². The van der Waals surface area contributed by atoms with Crippen LogP contribution in [0.5, 0.6) is 0 Å². The van der Waals surface area contributed by atoms with Gasteiger partial charge in [0.25, 0.3) is 0 Å². The summed E-state index contributed by atoms with van der Waals surface area (Å²) >= 11 is 1.64. The predicted octanol–water partition coefficient (Wildman–Crippen LogP) is 0.763. The van der Waals surface area contributed by atoms with Gasteiger partial charge in [0.15, 0.2) is 0 Å². The number of nitrogens with two attached hydrogens (primary N) is 1. The highest BCUT2D eigenvalue weighted by molar-refractivity contribution is 7.10. The molecule has 0 aliphatic carbocycles. The zero-order valence-electron chi connectivity index (χ0n) is 7.65. The Morgan fingerprint density at radius 1 is 1.69 bits per heavy atom. The van der Waals surface area contributed by atoms with Gasteiger partial charge in [-0.2, -0.15) is 0 Å². The Balaban J connectivity index is 2.38. The van der Waals surface area contributed by atoms with E-state index in [0.717, 1.165) is 4.88 Å². The molecule has 2 rings (SSSR count). The Morgan fingerprint density at radius 2 is 2.38 bits per heavy atom. The average molecular weight is 196 g/mol. The van der Waals surface area contributed by atoms with E-state index in [1.807, 2.05) is 24.4 Å². The lowest BCUT2D eigenvalue weighted by atomic mass is 9.80. The number of carbonyl (C=O) groups is 1. The van der Waals surface area contributed by atoms with Crippen LogP contribution in [0.4, 0.5) is 0 Å². The summed E-state index contributed by atoms with van der Waals surface area (Å²) in [6.45, 7) is 2.00. The lowest BCUT2D eigenvalue weighted by Gasteiger charge is -2.52. The Labute approximate surface area is 81.2 Å². The molecule has 2 heterocycles. The predicted molar refractivity (Wildman–Crippen MR) is 52.4 cm³/mol. The van der Waals surface area contributed by atoms with Crippen molar-refractivity contribution in [2.45, 2.75) is 18.5 Å². The fraction of sp³-hybridized carbons (Fsp3) is 0.444. The molecule has 1 aliphatic heterocycles. The summed E-state index contributed by atoms with van der Waals surface area (Å²) in [4.78, 5) is 14.1. The maximum atomic E-state index is 11.3. The Morgan fingerprint density at radius 3 is 2.85 bits per heavy atom. The van der Waals surface area contributed by atoms with E-state index < -0.39 is 0 Å². The summed E-state index contributed by atoms with van der Waals surface area (Å²) < 4.78 is 0. The molecule has 0 spiro atoms. The quantitative estimate of drug-likeness (QED) is 0.674. The molecule has 1 amide bonds. The van der Waals surface area contributed by atoms with Crippen molar-refractivity contribution in [3.63, 3.8) is 0 Å². The Kier molecular flexibility index (Phi) is 1.72. The maximum Gasteiger partial charge on any atom is 0.242 e. The van der Waals surface area contributed by atoms with Gasteiger partial charge < -0.3 is 10.6 Å². The molecular weight excluding hydrogens is 184 g/mol. The maximum absolute atomic E-state index is 11.3. The van der Waals surface area contributed by atoms with Crippen LogP contribution in [0.1, 0.15) is 11.8 Å². The first-order chi connectivity index (χ1) is 6.08. The molecule has 1 saturated heterocycles. The van der Waals surface area contributed by atoms with Gasteiger partial charge in [0.05, 0.1) is 5.54 Å². The minimum Gasteiger partial charge on any atom is -0.332 e. The van der Waals surface area contributed by atoms with Crippen LogP contribution >= 0.6 is 11.3 Å². The summed E-state index contributed by atoms with van der Waals surface area (Å²) in [5.74, 6) is 0.0240. The van der Waals surface area contributed by atoms with Gasteiger partial charge in [-0.3, -0.25) is 4.79 Å². The molecule has 0 radical (unpaired) electrons. The van der Waals surface area contributed by atoms with Gasteiger partial charge in [-0.25, -0.2) is 0 Å². The second-order valence-electron chi connectivity index (χ2n) is 3.50. The zero-order valence-corrected chi connectivity index (χ0v) is 8.47. The number of rotatable bonds is 1. The van der Waals surface area contributed by atoms with Gasteiger partial charge >= 0.3 is 0 Å². The summed E-state index contributed by atoms with van der Waals surface area (Å²) in [7, 11) is 1.80. The van der Waals surface area contributed by atoms with Crippen LogP contribution < -0.4 is 5.73 Å². The molecule has 0 aromatic carbocycles. The van der Waals surface area contributed by atoms with E-state index in [1.54, 1.807) is 23.3 Å². The smallest absolute Gasteiger partial charge is 0.242 e. The molecule has 2 atom stereocenters. The van der Waals surface area contributed by atoms with Crippen molar-refractivity contribution in [3.05, 3.63) is 22.4 Å². The second kappa shape index (κ2) is 2.56. The van der Waals surface area contributed by atoms with E-state index >= 15 is 0 Å². The van der Waals surface area contributed by atoms with Crippen LogP contribution in [0.25, 0.3) is 0 Å². The van der Waals surface area contributed by atoms with Gasteiger partial charge in [-0.15, -0.1) is 11.3 Å². The third-order valence-corrected chi connectivity index (χ3v) is 4.02. The molecule has 1 fully saturated rings. The van der Waals surface area contributed by atoms with Crippen LogP contribution in [0.2, 0.25) is 0 Å². The number of hydrogen-bond acceptors (Lipinski definition) is 3. The molecule has 2 N–H and O–H groups in total. The van der Waals surface area contributed by atoms with E-state index in [9.17, 15) is 4.79 Å². The standard InChI is InChI=1S/C9H12N2OS/c1-9(6-4-3-5-13-6)7(10)8(12)11(9)2/h3-5,7H,10H2,1-2H3/t7-,9+/m0/s1. The van der Waals surface area contributed by atoms with Crippen molar-refractivity contribution in [2.75, 3.05) is 7.05 Å². The number of amides is 1. The number of likely N-dealkylation sites (tertiary alicyclic amines) is 1. The molecule has 0 unspecified atom stereocenters. The van der Waals surface area contributed by atoms with E-state index in [-0.39, 0.29) is 17.5 Å². The first-order valence-electron chi connectivity index (χ1n) is 4.15. The van der Waals surface area contributed by atoms with Crippen LogP contribution in [0.15, 0.2) is 17.5 Å². The minimum absolute atomic E-state index is 0.0240. The number of carbonyl (C=O) groups excluding carboxylic acids is 1. The van der Waals surface area contributed by atoms with Crippen molar-refractivity contribution in [1.29, 1.82) is 0 Å². The van der Waals surface area contributed by atoms with Crippen molar-refractivity contribution in [2.24, 2.45) is 5.73 Å². The highest BCUT2D eigenvalue weighted by Crippen LogP contribution is 2.40. The Bertz CT molecular complexity index is 321.